The number of imide groups is 1. The Morgan fingerprint density at radius 2 is 1.79 bits per heavy atom. The molecule has 2 aliphatic heterocycles. The van der Waals surface area contributed by atoms with Gasteiger partial charge in [-0.05, 0) is 51.0 Å². The number of hydrogen-bond donors (Lipinski definition) is 3. The van der Waals surface area contributed by atoms with E-state index in [9.17, 15) is 19.2 Å². The first-order valence-corrected chi connectivity index (χ1v) is 12.6. The number of carbonyl (C=O) groups is 4. The molecule has 1 aromatic heterocycles. The van der Waals surface area contributed by atoms with Crippen LogP contribution in [0.2, 0.25) is 0 Å². The van der Waals surface area contributed by atoms with Gasteiger partial charge in [-0.2, -0.15) is 0 Å². The highest BCUT2D eigenvalue weighted by atomic mass is 16.6. The summed E-state index contributed by atoms with van der Waals surface area (Å²) < 4.78 is 5.54. The quantitative estimate of drug-likeness (QED) is 0.479. The van der Waals surface area contributed by atoms with Gasteiger partial charge in [-0.25, -0.2) is 14.5 Å². The number of ether oxygens (including phenoxy) is 1. The average Bonchev–Trinajstić information content (AvgIpc) is 3.27. The molecule has 3 atom stereocenters. The van der Waals surface area contributed by atoms with Crippen LogP contribution in [0.25, 0.3) is 10.9 Å². The van der Waals surface area contributed by atoms with Crippen LogP contribution in [0.4, 0.5) is 15.3 Å². The molecule has 3 N–H and O–H groups in total. The number of aromatic nitrogens is 1. The summed E-state index contributed by atoms with van der Waals surface area (Å²) in [6, 6.07) is 13.6. The zero-order chi connectivity index (χ0) is 27.0. The topological polar surface area (TPSA) is 124 Å². The SMILES string of the molecule is CC(C)(C)OC(=O)N[C@@H](Cc1c[nH]c2ccccc12)[C@H]1CNC(=O)[C@@H]2CC(=O)N(c3ccccc3)C(=O)N12. The molecule has 0 bridgehead atoms. The molecule has 0 unspecified atom stereocenters. The van der Waals surface area contributed by atoms with Gasteiger partial charge in [0.15, 0.2) is 0 Å². The monoisotopic (exact) mass is 517 g/mol. The number of piperazine rings is 1. The largest absolute Gasteiger partial charge is 0.444 e. The minimum atomic E-state index is -0.973. The van der Waals surface area contributed by atoms with Crippen LogP contribution in [-0.2, 0) is 20.7 Å². The van der Waals surface area contributed by atoms with E-state index in [1.807, 2.05) is 30.5 Å². The van der Waals surface area contributed by atoms with Gasteiger partial charge in [0.05, 0.1) is 24.2 Å². The van der Waals surface area contributed by atoms with E-state index in [2.05, 4.69) is 15.6 Å². The lowest BCUT2D eigenvalue weighted by Gasteiger charge is -2.48. The molecule has 0 spiro atoms. The van der Waals surface area contributed by atoms with Crippen molar-refractivity contribution in [3.63, 3.8) is 0 Å². The van der Waals surface area contributed by atoms with E-state index in [-0.39, 0.29) is 13.0 Å². The number of rotatable bonds is 5. The highest BCUT2D eigenvalue weighted by Gasteiger charge is 2.50. The predicted octanol–water partition coefficient (Wildman–Crippen LogP) is 3.33. The van der Waals surface area contributed by atoms with Crippen LogP contribution >= 0.6 is 0 Å². The summed E-state index contributed by atoms with van der Waals surface area (Å²) in [4.78, 5) is 58.5. The maximum atomic E-state index is 13.9. The number of benzene rings is 2. The van der Waals surface area contributed by atoms with Crippen LogP contribution in [-0.4, -0.2) is 64.1 Å². The normalized spacial score (nSPS) is 20.7. The van der Waals surface area contributed by atoms with Gasteiger partial charge in [0.2, 0.25) is 11.8 Å². The number of H-pyrrole nitrogens is 1. The van der Waals surface area contributed by atoms with E-state index >= 15 is 0 Å². The van der Waals surface area contributed by atoms with Crippen LogP contribution < -0.4 is 15.5 Å². The molecule has 0 radical (unpaired) electrons. The molecule has 38 heavy (non-hydrogen) atoms. The number of alkyl carbamates (subject to hydrolysis) is 1. The van der Waals surface area contributed by atoms with Crippen molar-refractivity contribution in [2.45, 2.75) is 57.3 Å². The van der Waals surface area contributed by atoms with Gasteiger partial charge in [-0.15, -0.1) is 0 Å². The Bertz CT molecular complexity index is 1380. The van der Waals surface area contributed by atoms with Gasteiger partial charge in [0.1, 0.15) is 11.6 Å². The van der Waals surface area contributed by atoms with Gasteiger partial charge in [-0.3, -0.25) is 9.59 Å². The molecule has 2 aliphatic rings. The van der Waals surface area contributed by atoms with E-state index in [0.717, 1.165) is 21.4 Å². The Hall–Kier alpha value is -4.34. The fourth-order valence-electron chi connectivity index (χ4n) is 5.17. The van der Waals surface area contributed by atoms with E-state index in [1.165, 1.54) is 4.90 Å². The van der Waals surface area contributed by atoms with Crippen molar-refractivity contribution in [3.8, 4) is 0 Å². The first kappa shape index (κ1) is 25.3. The van der Waals surface area contributed by atoms with Crippen LogP contribution in [0, 0.1) is 0 Å². The Labute approximate surface area is 220 Å². The number of anilines is 1. The van der Waals surface area contributed by atoms with E-state index < -0.39 is 47.7 Å². The number of aromatic amines is 1. The van der Waals surface area contributed by atoms with Crippen LogP contribution in [0.5, 0.6) is 0 Å². The summed E-state index contributed by atoms with van der Waals surface area (Å²) >= 11 is 0. The van der Waals surface area contributed by atoms with Gasteiger partial charge in [0.25, 0.3) is 0 Å². The van der Waals surface area contributed by atoms with Crippen molar-refractivity contribution in [3.05, 3.63) is 66.4 Å². The van der Waals surface area contributed by atoms with Crippen molar-refractivity contribution in [1.82, 2.24) is 20.5 Å². The first-order chi connectivity index (χ1) is 18.1. The number of carbonyl (C=O) groups excluding carboxylic acids is 4. The average molecular weight is 518 g/mol. The molecule has 5 amide bonds. The molecule has 2 fully saturated rings. The molecular weight excluding hydrogens is 486 g/mol. The Morgan fingerprint density at radius 3 is 2.53 bits per heavy atom. The molecule has 0 saturated carbocycles. The first-order valence-electron chi connectivity index (χ1n) is 12.6. The van der Waals surface area contributed by atoms with Gasteiger partial charge in [-0.1, -0.05) is 36.4 Å². The second-order valence-electron chi connectivity index (χ2n) is 10.6. The molecular formula is C28H31N5O5. The van der Waals surface area contributed by atoms with E-state index in [0.29, 0.717) is 12.1 Å². The lowest BCUT2D eigenvalue weighted by atomic mass is 9.92. The van der Waals surface area contributed by atoms with Crippen LogP contribution in [0.1, 0.15) is 32.8 Å². The molecule has 198 valence electrons. The maximum Gasteiger partial charge on any atom is 0.407 e. The standard InChI is InChI=1S/C28H31N5O5/c1-28(2,3)38-26(36)31-21(13-17-15-29-20-12-8-7-11-19(17)20)23-16-30-25(35)22-14-24(34)32(27(37)33(22)23)18-9-5-4-6-10-18/h4-12,15,21-23,29H,13-14,16H2,1-3H3,(H,30,35)(H,31,36)/t21-,22-,23+/m0/s1. The van der Waals surface area contributed by atoms with E-state index in [1.54, 1.807) is 51.1 Å². The van der Waals surface area contributed by atoms with Gasteiger partial charge < -0.3 is 25.3 Å². The minimum Gasteiger partial charge on any atom is -0.444 e. The smallest absolute Gasteiger partial charge is 0.407 e. The predicted molar refractivity (Wildman–Crippen MR) is 142 cm³/mol. The lowest BCUT2D eigenvalue weighted by molar-refractivity contribution is -0.135. The molecule has 2 saturated heterocycles. The number of para-hydroxylation sites is 2. The molecule has 2 aromatic carbocycles. The number of nitrogens with zero attached hydrogens (tertiary/aromatic N) is 2. The molecule has 5 rings (SSSR count). The third-order valence-corrected chi connectivity index (χ3v) is 6.81. The highest BCUT2D eigenvalue weighted by molar-refractivity contribution is 6.18. The zero-order valence-corrected chi connectivity index (χ0v) is 21.6. The molecule has 3 heterocycles. The fourth-order valence-corrected chi connectivity index (χ4v) is 5.17. The summed E-state index contributed by atoms with van der Waals surface area (Å²) in [5, 5.41) is 6.79. The molecule has 0 aliphatic carbocycles. The summed E-state index contributed by atoms with van der Waals surface area (Å²) in [6.45, 7) is 5.43. The number of amides is 5. The minimum absolute atomic E-state index is 0.112. The van der Waals surface area contributed by atoms with Crippen molar-refractivity contribution < 1.29 is 23.9 Å². The number of nitrogens with one attached hydrogen (secondary N) is 3. The van der Waals surface area contributed by atoms with Crippen molar-refractivity contribution in [2.75, 3.05) is 11.4 Å². The molecule has 10 heteroatoms. The molecule has 3 aromatic rings. The van der Waals surface area contributed by atoms with Gasteiger partial charge >= 0.3 is 12.1 Å². The van der Waals surface area contributed by atoms with Crippen LogP contribution in [0.15, 0.2) is 60.8 Å². The number of hydrogen-bond acceptors (Lipinski definition) is 5. The zero-order valence-electron chi connectivity index (χ0n) is 21.6. The van der Waals surface area contributed by atoms with E-state index in [4.69, 9.17) is 4.74 Å². The van der Waals surface area contributed by atoms with Gasteiger partial charge in [0, 0.05) is 23.6 Å². The third kappa shape index (κ3) is 4.93. The second kappa shape index (κ2) is 9.85. The second-order valence-corrected chi connectivity index (χ2v) is 10.6. The number of urea groups is 1. The lowest BCUT2D eigenvalue weighted by Crippen LogP contribution is -2.73. The number of fused-ring (bicyclic) bond motifs is 2. The van der Waals surface area contributed by atoms with Crippen LogP contribution in [0.3, 0.4) is 0 Å². The highest BCUT2D eigenvalue weighted by Crippen LogP contribution is 2.30. The van der Waals surface area contributed by atoms with Crippen molar-refractivity contribution in [2.24, 2.45) is 0 Å². The summed E-state index contributed by atoms with van der Waals surface area (Å²) in [5.41, 5.74) is 1.59. The Morgan fingerprint density at radius 1 is 1.08 bits per heavy atom. The van der Waals surface area contributed by atoms with Crippen molar-refractivity contribution in [1.29, 1.82) is 0 Å². The maximum absolute atomic E-state index is 13.9. The van der Waals surface area contributed by atoms with Crippen molar-refractivity contribution >= 4 is 40.5 Å². The third-order valence-electron chi connectivity index (χ3n) is 6.81. The summed E-state index contributed by atoms with van der Waals surface area (Å²) in [5.74, 6) is -0.842. The molecule has 10 nitrogen and oxygen atoms in total. The summed E-state index contributed by atoms with van der Waals surface area (Å²) in [7, 11) is 0. The fraction of sp³-hybridized carbons (Fsp3) is 0.357. The Balaban J connectivity index is 1.51. The Kier molecular flexibility index (Phi) is 6.56. The summed E-state index contributed by atoms with van der Waals surface area (Å²) in [6.07, 6.45) is 1.45.